The van der Waals surface area contributed by atoms with Crippen LogP contribution < -0.4 is 11.5 Å². The SMILES string of the molecule is CC(C)([NH])[NH]. The van der Waals surface area contributed by atoms with E-state index in [-0.39, 0.29) is 0 Å². The van der Waals surface area contributed by atoms with Gasteiger partial charge in [-0.2, -0.15) is 0 Å². The van der Waals surface area contributed by atoms with Gasteiger partial charge in [0, 0.05) is 0 Å². The van der Waals surface area contributed by atoms with Crippen molar-refractivity contribution in [3.05, 3.63) is 0 Å². The van der Waals surface area contributed by atoms with E-state index in [0.29, 0.717) is 0 Å². The second-order valence-corrected chi connectivity index (χ2v) is 1.62. The molecule has 0 aliphatic heterocycles. The van der Waals surface area contributed by atoms with Gasteiger partial charge in [-0.05, 0) is 13.8 Å². The molecule has 0 bridgehead atoms. The van der Waals surface area contributed by atoms with E-state index in [4.69, 9.17) is 11.5 Å². The summed E-state index contributed by atoms with van der Waals surface area (Å²) in [5.41, 5.74) is 12.2. The smallest absolute Gasteiger partial charge is 0.0887 e. The van der Waals surface area contributed by atoms with Crippen LogP contribution in [0.4, 0.5) is 0 Å². The van der Waals surface area contributed by atoms with E-state index in [1.165, 1.54) is 13.8 Å². The Morgan fingerprint density at radius 2 is 1.20 bits per heavy atom. The van der Waals surface area contributed by atoms with E-state index in [2.05, 4.69) is 0 Å². The molecule has 0 amide bonds. The summed E-state index contributed by atoms with van der Waals surface area (Å²) in [5.74, 6) is 0. The van der Waals surface area contributed by atoms with Crippen molar-refractivity contribution in [3.8, 4) is 0 Å². The van der Waals surface area contributed by atoms with E-state index in [1.807, 2.05) is 0 Å². The summed E-state index contributed by atoms with van der Waals surface area (Å²) in [4.78, 5) is 0. The fraction of sp³-hybridized carbons (Fsp3) is 1.00. The lowest BCUT2D eigenvalue weighted by Crippen LogP contribution is -2.21. The molecule has 0 aromatic heterocycles. The summed E-state index contributed by atoms with van der Waals surface area (Å²) in [6.07, 6.45) is 0. The lowest BCUT2D eigenvalue weighted by atomic mass is 10.3. The van der Waals surface area contributed by atoms with E-state index >= 15 is 0 Å². The van der Waals surface area contributed by atoms with Crippen molar-refractivity contribution in [1.82, 2.24) is 11.5 Å². The van der Waals surface area contributed by atoms with Crippen LogP contribution in [0.1, 0.15) is 13.8 Å². The van der Waals surface area contributed by atoms with Crippen LogP contribution >= 0.6 is 0 Å². The molecule has 0 unspecified atom stereocenters. The van der Waals surface area contributed by atoms with Gasteiger partial charge in [0.2, 0.25) is 0 Å². The van der Waals surface area contributed by atoms with E-state index in [1.54, 1.807) is 0 Å². The number of rotatable bonds is 0. The average Bonchev–Trinajstić information content (AvgIpc) is 0.722. The topological polar surface area (TPSA) is 47.6 Å². The first kappa shape index (κ1) is 4.92. The summed E-state index contributed by atoms with van der Waals surface area (Å²) in [7, 11) is 0. The van der Waals surface area contributed by atoms with Crippen LogP contribution in [-0.4, -0.2) is 5.66 Å². The second-order valence-electron chi connectivity index (χ2n) is 1.62. The third-order valence-corrected chi connectivity index (χ3v) is 0. The van der Waals surface area contributed by atoms with Gasteiger partial charge in [0.15, 0.2) is 0 Å². The normalized spacial score (nSPS) is 12.0. The fourth-order valence-corrected chi connectivity index (χ4v) is 0. The fourth-order valence-electron chi connectivity index (χ4n) is 0. The Kier molecular flexibility index (Phi) is 0.938. The first-order valence-electron chi connectivity index (χ1n) is 1.50. The average molecular weight is 72.1 g/mol. The van der Waals surface area contributed by atoms with Crippen LogP contribution in [0.3, 0.4) is 0 Å². The van der Waals surface area contributed by atoms with Crippen molar-refractivity contribution in [1.29, 1.82) is 0 Å². The molecule has 2 nitrogen and oxygen atoms in total. The summed E-state index contributed by atoms with van der Waals surface area (Å²) in [5, 5.41) is 0. The minimum atomic E-state index is -1.00. The molecule has 0 rings (SSSR count). The molecule has 0 aromatic carbocycles. The lowest BCUT2D eigenvalue weighted by Gasteiger charge is -2.03. The lowest BCUT2D eigenvalue weighted by molar-refractivity contribution is 0.505. The van der Waals surface area contributed by atoms with E-state index in [9.17, 15) is 0 Å². The maximum atomic E-state index is 6.60. The maximum Gasteiger partial charge on any atom is 0.0887 e. The molecule has 0 fully saturated rings. The van der Waals surface area contributed by atoms with Crippen LogP contribution in [0.5, 0.6) is 0 Å². The highest BCUT2D eigenvalue weighted by molar-refractivity contribution is 4.54. The summed E-state index contributed by atoms with van der Waals surface area (Å²) < 4.78 is 0. The van der Waals surface area contributed by atoms with Crippen LogP contribution in [0, 0.1) is 0 Å². The maximum absolute atomic E-state index is 6.60. The Labute approximate surface area is 32.1 Å². The third kappa shape index (κ3) is 2260. The minimum Gasteiger partial charge on any atom is -0.236 e. The predicted octanol–water partition coefficient (Wildman–Crippen LogP) is 0.288. The summed E-state index contributed by atoms with van der Waals surface area (Å²) >= 11 is 0. The standard InChI is InChI=1S/C3H8N2/c1-3(2,4)5/h4-5H,1-2H3. The van der Waals surface area contributed by atoms with E-state index < -0.39 is 5.66 Å². The van der Waals surface area contributed by atoms with Crippen molar-refractivity contribution in [3.63, 3.8) is 0 Å². The molecule has 2 radical (unpaired) electrons. The van der Waals surface area contributed by atoms with Gasteiger partial charge in [-0.1, -0.05) is 0 Å². The summed E-state index contributed by atoms with van der Waals surface area (Å²) in [6, 6.07) is 0. The van der Waals surface area contributed by atoms with Gasteiger partial charge in [0.25, 0.3) is 0 Å². The number of hydrogen-bond acceptors (Lipinski definition) is 0. The van der Waals surface area contributed by atoms with Gasteiger partial charge >= 0.3 is 0 Å². The third-order valence-electron chi connectivity index (χ3n) is 0. The highest BCUT2D eigenvalue weighted by Crippen LogP contribution is 1.84. The van der Waals surface area contributed by atoms with Crippen molar-refractivity contribution in [2.24, 2.45) is 0 Å². The minimum absolute atomic E-state index is 1.00. The van der Waals surface area contributed by atoms with Gasteiger partial charge in [-0.25, -0.2) is 11.5 Å². The molecule has 0 heterocycles. The number of nitrogens with one attached hydrogen (secondary N) is 2. The Hall–Kier alpha value is -0.0800. The highest BCUT2D eigenvalue weighted by atomic mass is 14.9. The Morgan fingerprint density at radius 3 is 1.20 bits per heavy atom. The molecular formula is C3H8N2. The van der Waals surface area contributed by atoms with Crippen LogP contribution in [0.15, 0.2) is 0 Å². The Bertz CT molecular complexity index is 20.4. The van der Waals surface area contributed by atoms with Crippen molar-refractivity contribution >= 4 is 0 Å². The van der Waals surface area contributed by atoms with Crippen molar-refractivity contribution in [2.75, 3.05) is 0 Å². The largest absolute Gasteiger partial charge is 0.236 e. The van der Waals surface area contributed by atoms with E-state index in [0.717, 1.165) is 0 Å². The zero-order valence-corrected chi connectivity index (χ0v) is 3.50. The van der Waals surface area contributed by atoms with Gasteiger partial charge in [-0.3, -0.25) is 0 Å². The molecule has 2 heteroatoms. The quantitative estimate of drug-likeness (QED) is 0.395. The highest BCUT2D eigenvalue weighted by Gasteiger charge is 1.98. The second kappa shape index (κ2) is 0.954. The zero-order chi connectivity index (χ0) is 4.50. The molecular weight excluding hydrogens is 64.0 g/mol. The molecule has 0 spiro atoms. The molecule has 0 atom stereocenters. The molecule has 0 saturated heterocycles. The number of hydrogen-bond donors (Lipinski definition) is 0. The first-order chi connectivity index (χ1) is 2.00. The molecule has 0 saturated carbocycles. The molecule has 2 N–H and O–H groups in total. The van der Waals surface area contributed by atoms with Crippen molar-refractivity contribution < 1.29 is 0 Å². The van der Waals surface area contributed by atoms with Gasteiger partial charge in [-0.15, -0.1) is 0 Å². The van der Waals surface area contributed by atoms with Crippen molar-refractivity contribution in [2.45, 2.75) is 19.5 Å². The molecule has 0 aromatic rings. The van der Waals surface area contributed by atoms with Gasteiger partial charge in [0.05, 0.1) is 5.66 Å². The summed E-state index contributed by atoms with van der Waals surface area (Å²) in [6.45, 7) is 3.04. The zero-order valence-electron chi connectivity index (χ0n) is 3.50. The molecule has 5 heavy (non-hydrogen) atoms. The molecule has 0 aliphatic rings. The van der Waals surface area contributed by atoms with Crippen LogP contribution in [0.2, 0.25) is 0 Å². The Morgan fingerprint density at radius 1 is 1.20 bits per heavy atom. The predicted molar refractivity (Wildman–Crippen MR) is 20.3 cm³/mol. The van der Waals surface area contributed by atoms with Gasteiger partial charge < -0.3 is 0 Å². The first-order valence-corrected chi connectivity index (χ1v) is 1.50. The molecule has 30 valence electrons. The molecule has 0 aliphatic carbocycles. The van der Waals surface area contributed by atoms with Gasteiger partial charge in [0.1, 0.15) is 0 Å². The Balaban J connectivity index is 3.02. The van der Waals surface area contributed by atoms with Crippen LogP contribution in [-0.2, 0) is 0 Å². The van der Waals surface area contributed by atoms with Crippen LogP contribution in [0.25, 0.3) is 0 Å². The monoisotopic (exact) mass is 72.1 g/mol.